The van der Waals surface area contributed by atoms with E-state index in [0.29, 0.717) is 11.7 Å². The average Bonchev–Trinajstić information content (AvgIpc) is 3.19. The Morgan fingerprint density at radius 3 is 2.61 bits per heavy atom. The van der Waals surface area contributed by atoms with Gasteiger partial charge in [0.15, 0.2) is 5.76 Å². The van der Waals surface area contributed by atoms with Crippen LogP contribution < -0.4 is 10.1 Å². The Balaban J connectivity index is 1.42. The van der Waals surface area contributed by atoms with Gasteiger partial charge in [-0.25, -0.2) is 0 Å². The Bertz CT molecular complexity index is 1000. The van der Waals surface area contributed by atoms with Crippen molar-refractivity contribution in [3.05, 3.63) is 54.3 Å². The van der Waals surface area contributed by atoms with E-state index in [1.165, 1.54) is 12.8 Å². The first-order valence-electron chi connectivity index (χ1n) is 9.91. The summed E-state index contributed by atoms with van der Waals surface area (Å²) < 4.78 is 11.3. The largest absolute Gasteiger partial charge is 0.497 e. The van der Waals surface area contributed by atoms with E-state index in [1.54, 1.807) is 7.11 Å². The van der Waals surface area contributed by atoms with Gasteiger partial charge in [0.2, 0.25) is 0 Å². The summed E-state index contributed by atoms with van der Waals surface area (Å²) in [7, 11) is 1.66. The maximum Gasteiger partial charge on any atom is 0.287 e. The minimum absolute atomic E-state index is 0.115. The summed E-state index contributed by atoms with van der Waals surface area (Å²) in [6.45, 7) is 3.27. The van der Waals surface area contributed by atoms with Crippen LogP contribution in [0.3, 0.4) is 0 Å². The lowest BCUT2D eigenvalue weighted by Gasteiger charge is -2.44. The molecule has 3 aromatic rings. The molecule has 0 spiro atoms. The molecule has 0 radical (unpaired) electrons. The number of carbonyl (C=O) groups is 1. The number of carbonyl (C=O) groups excluding carboxylic acids is 1. The summed E-state index contributed by atoms with van der Waals surface area (Å²) in [5, 5.41) is 4.15. The molecule has 5 nitrogen and oxygen atoms in total. The third-order valence-electron chi connectivity index (χ3n) is 6.14. The topological polar surface area (TPSA) is 54.7 Å². The van der Waals surface area contributed by atoms with Gasteiger partial charge in [-0.05, 0) is 55.6 Å². The van der Waals surface area contributed by atoms with Gasteiger partial charge < -0.3 is 19.4 Å². The van der Waals surface area contributed by atoms with E-state index in [2.05, 4.69) is 10.2 Å². The lowest BCUT2D eigenvalue weighted by atomic mass is 9.84. The van der Waals surface area contributed by atoms with E-state index >= 15 is 0 Å². The molecular formula is C23H24N2O3. The van der Waals surface area contributed by atoms with Gasteiger partial charge in [-0.2, -0.15) is 0 Å². The number of fused-ring (bicyclic) bond motifs is 4. The van der Waals surface area contributed by atoms with Crippen molar-refractivity contribution in [2.75, 3.05) is 26.7 Å². The number of hydrogen-bond acceptors (Lipinski definition) is 4. The smallest absolute Gasteiger partial charge is 0.287 e. The molecule has 144 valence electrons. The van der Waals surface area contributed by atoms with Crippen LogP contribution in [0.25, 0.3) is 22.1 Å². The van der Waals surface area contributed by atoms with E-state index < -0.39 is 0 Å². The Morgan fingerprint density at radius 1 is 1.14 bits per heavy atom. The van der Waals surface area contributed by atoms with E-state index in [1.807, 2.05) is 48.5 Å². The highest BCUT2D eigenvalue weighted by Crippen LogP contribution is 2.32. The Kier molecular flexibility index (Phi) is 4.32. The van der Waals surface area contributed by atoms with Crippen LogP contribution in [0.5, 0.6) is 5.75 Å². The number of nitrogens with zero attached hydrogens (tertiary/aromatic N) is 1. The van der Waals surface area contributed by atoms with Gasteiger partial charge in [0.1, 0.15) is 11.3 Å². The number of ether oxygens (including phenoxy) is 1. The SMILES string of the molecule is COc1ccc(-c2cccc3cc(C(=O)N[C@H]4CN5CCC4CC5)oc23)cc1. The van der Waals surface area contributed by atoms with Crippen molar-refractivity contribution >= 4 is 16.9 Å². The summed E-state index contributed by atoms with van der Waals surface area (Å²) in [5.41, 5.74) is 2.75. The number of benzene rings is 2. The van der Waals surface area contributed by atoms with Crippen molar-refractivity contribution in [3.63, 3.8) is 0 Å². The standard InChI is InChI=1S/C23H24N2O3/c1-27-18-7-5-15(6-8-18)19-4-2-3-17-13-21(28-22(17)19)23(26)24-20-14-25-11-9-16(20)10-12-25/h2-8,13,16,20H,9-12,14H2,1H3,(H,24,26)/t20-/m0/s1. The fraction of sp³-hybridized carbons (Fsp3) is 0.348. The second-order valence-electron chi connectivity index (χ2n) is 7.78. The molecular weight excluding hydrogens is 352 g/mol. The van der Waals surface area contributed by atoms with Gasteiger partial charge >= 0.3 is 0 Å². The molecule has 1 atom stereocenters. The van der Waals surface area contributed by atoms with Gasteiger partial charge in [-0.3, -0.25) is 4.79 Å². The monoisotopic (exact) mass is 376 g/mol. The highest BCUT2D eigenvalue weighted by Gasteiger charge is 2.35. The molecule has 5 heteroatoms. The second-order valence-corrected chi connectivity index (χ2v) is 7.78. The number of hydrogen-bond donors (Lipinski definition) is 1. The van der Waals surface area contributed by atoms with Crippen molar-refractivity contribution < 1.29 is 13.9 Å². The Hall–Kier alpha value is -2.79. The Labute approximate surface area is 164 Å². The number of para-hydroxylation sites is 1. The summed E-state index contributed by atoms with van der Waals surface area (Å²) in [5.74, 6) is 1.67. The molecule has 4 heterocycles. The summed E-state index contributed by atoms with van der Waals surface area (Å²) >= 11 is 0. The number of methoxy groups -OCH3 is 1. The fourth-order valence-corrected chi connectivity index (χ4v) is 4.54. The molecule has 6 rings (SSSR count). The van der Waals surface area contributed by atoms with Crippen LogP contribution in [0.15, 0.2) is 52.9 Å². The molecule has 1 amide bonds. The minimum atomic E-state index is -0.115. The first-order chi connectivity index (χ1) is 13.7. The number of piperidine rings is 3. The first kappa shape index (κ1) is 17.3. The normalized spacial score (nSPS) is 23.7. The minimum Gasteiger partial charge on any atom is -0.497 e. The van der Waals surface area contributed by atoms with Gasteiger partial charge in [0.05, 0.1) is 7.11 Å². The number of nitrogens with one attached hydrogen (secondary N) is 1. The Morgan fingerprint density at radius 2 is 1.93 bits per heavy atom. The quantitative estimate of drug-likeness (QED) is 0.750. The van der Waals surface area contributed by atoms with Crippen LogP contribution in [0.1, 0.15) is 23.4 Å². The lowest BCUT2D eigenvalue weighted by Crippen LogP contribution is -2.57. The van der Waals surface area contributed by atoms with Gasteiger partial charge in [0, 0.05) is 23.5 Å². The number of rotatable bonds is 4. The van der Waals surface area contributed by atoms with Crippen LogP contribution >= 0.6 is 0 Å². The zero-order valence-electron chi connectivity index (χ0n) is 16.0. The fourth-order valence-electron chi connectivity index (χ4n) is 4.54. The third kappa shape index (κ3) is 3.06. The summed E-state index contributed by atoms with van der Waals surface area (Å²) in [6, 6.07) is 15.9. The summed E-state index contributed by atoms with van der Waals surface area (Å²) in [4.78, 5) is 15.3. The van der Waals surface area contributed by atoms with Crippen molar-refractivity contribution in [1.29, 1.82) is 0 Å². The van der Waals surface area contributed by atoms with Crippen LogP contribution in [-0.2, 0) is 0 Å². The molecule has 1 aromatic heterocycles. The van der Waals surface area contributed by atoms with Crippen molar-refractivity contribution in [2.45, 2.75) is 18.9 Å². The molecule has 2 aromatic carbocycles. The second kappa shape index (κ2) is 6.99. The van der Waals surface area contributed by atoms with Gasteiger partial charge in [-0.15, -0.1) is 0 Å². The molecule has 0 saturated carbocycles. The number of amides is 1. The van der Waals surface area contributed by atoms with Crippen LogP contribution in [-0.4, -0.2) is 43.6 Å². The maximum atomic E-state index is 12.9. The van der Waals surface area contributed by atoms with Gasteiger partial charge in [0.25, 0.3) is 5.91 Å². The molecule has 0 unspecified atom stereocenters. The highest BCUT2D eigenvalue weighted by molar-refractivity contribution is 6.00. The summed E-state index contributed by atoms with van der Waals surface area (Å²) in [6.07, 6.45) is 2.35. The molecule has 3 saturated heterocycles. The number of furan rings is 1. The zero-order valence-corrected chi connectivity index (χ0v) is 16.0. The molecule has 28 heavy (non-hydrogen) atoms. The molecule has 0 aliphatic carbocycles. The van der Waals surface area contributed by atoms with E-state index in [4.69, 9.17) is 9.15 Å². The van der Waals surface area contributed by atoms with Crippen molar-refractivity contribution in [3.8, 4) is 16.9 Å². The van der Waals surface area contributed by atoms with Crippen LogP contribution in [0.2, 0.25) is 0 Å². The average molecular weight is 376 g/mol. The predicted octanol–water partition coefficient (Wildman–Crippen LogP) is 3.93. The van der Waals surface area contributed by atoms with Crippen LogP contribution in [0, 0.1) is 5.92 Å². The maximum absolute atomic E-state index is 12.9. The molecule has 2 bridgehead atoms. The zero-order chi connectivity index (χ0) is 19.1. The third-order valence-corrected chi connectivity index (χ3v) is 6.14. The van der Waals surface area contributed by atoms with Crippen molar-refractivity contribution in [2.24, 2.45) is 5.92 Å². The van der Waals surface area contributed by atoms with E-state index in [0.717, 1.165) is 47.5 Å². The van der Waals surface area contributed by atoms with E-state index in [-0.39, 0.29) is 11.9 Å². The first-order valence-corrected chi connectivity index (χ1v) is 9.91. The highest BCUT2D eigenvalue weighted by atomic mass is 16.5. The van der Waals surface area contributed by atoms with Crippen LogP contribution in [0.4, 0.5) is 0 Å². The molecule has 3 aliphatic heterocycles. The van der Waals surface area contributed by atoms with Gasteiger partial charge in [-0.1, -0.05) is 30.3 Å². The predicted molar refractivity (Wildman–Crippen MR) is 109 cm³/mol. The lowest BCUT2D eigenvalue weighted by molar-refractivity contribution is 0.0607. The molecule has 3 fully saturated rings. The van der Waals surface area contributed by atoms with Crippen molar-refractivity contribution in [1.82, 2.24) is 10.2 Å². The molecule has 3 aliphatic rings. The molecule has 1 N–H and O–H groups in total. The van der Waals surface area contributed by atoms with E-state index in [9.17, 15) is 4.79 Å².